The van der Waals surface area contributed by atoms with Gasteiger partial charge in [0.1, 0.15) is 18.0 Å². The lowest BCUT2D eigenvalue weighted by atomic mass is 10.1. The van der Waals surface area contributed by atoms with Crippen molar-refractivity contribution in [3.63, 3.8) is 0 Å². The molecule has 3 aromatic carbocycles. The number of aromatic nitrogens is 1. The summed E-state index contributed by atoms with van der Waals surface area (Å²) in [5.74, 6) is 1.16. The summed E-state index contributed by atoms with van der Waals surface area (Å²) in [6.07, 6.45) is 0. The molecule has 0 aliphatic heterocycles. The number of anilines is 1. The Morgan fingerprint density at radius 2 is 1.55 bits per heavy atom. The first-order valence-electron chi connectivity index (χ1n) is 9.32. The number of amides is 1. The molecule has 4 aromatic rings. The number of hydrogen-bond donors (Lipinski definition) is 1. The van der Waals surface area contributed by atoms with Gasteiger partial charge in [0.25, 0.3) is 5.56 Å². The van der Waals surface area contributed by atoms with Gasteiger partial charge in [0, 0.05) is 16.8 Å². The molecule has 0 saturated carbocycles. The average Bonchev–Trinajstić information content (AvgIpc) is 2.73. The van der Waals surface area contributed by atoms with Crippen LogP contribution >= 0.6 is 0 Å². The lowest BCUT2D eigenvalue weighted by molar-refractivity contribution is -0.116. The molecule has 0 atom stereocenters. The molecule has 0 spiro atoms. The Bertz CT molecular complexity index is 1210. The number of nitrogens with zero attached hydrogens (tertiary/aromatic N) is 1. The second kappa shape index (κ2) is 8.02. The molecule has 0 unspecified atom stereocenters. The van der Waals surface area contributed by atoms with E-state index in [1.165, 1.54) is 4.57 Å². The van der Waals surface area contributed by atoms with E-state index in [4.69, 9.17) is 4.74 Å². The lowest BCUT2D eigenvalue weighted by Gasteiger charge is -2.12. The monoisotopic (exact) mass is 384 g/mol. The standard InChI is InChI=1S/C24H20N2O3/c1-17-15-18-7-5-6-10-22(18)24(28)26(17)16-23(27)25-19-11-13-21(14-12-19)29-20-8-3-2-4-9-20/h2-15H,16H2,1H3,(H,25,27). The summed E-state index contributed by atoms with van der Waals surface area (Å²) < 4.78 is 7.24. The highest BCUT2D eigenvalue weighted by atomic mass is 16.5. The van der Waals surface area contributed by atoms with Gasteiger partial charge in [-0.05, 0) is 60.8 Å². The van der Waals surface area contributed by atoms with Gasteiger partial charge in [0.05, 0.1) is 0 Å². The first kappa shape index (κ1) is 18.5. The summed E-state index contributed by atoms with van der Waals surface area (Å²) in [4.78, 5) is 25.2. The number of rotatable bonds is 5. The molecule has 1 amide bonds. The van der Waals surface area contributed by atoms with E-state index in [-0.39, 0.29) is 18.0 Å². The summed E-state index contributed by atoms with van der Waals surface area (Å²) in [5.41, 5.74) is 1.22. The molecule has 0 radical (unpaired) electrons. The highest BCUT2D eigenvalue weighted by Gasteiger charge is 2.10. The molecule has 144 valence electrons. The molecule has 0 saturated heterocycles. The van der Waals surface area contributed by atoms with Crippen molar-refractivity contribution in [1.82, 2.24) is 4.57 Å². The van der Waals surface area contributed by atoms with Crippen molar-refractivity contribution >= 4 is 22.4 Å². The highest BCUT2D eigenvalue weighted by Crippen LogP contribution is 2.22. The van der Waals surface area contributed by atoms with E-state index >= 15 is 0 Å². The number of fused-ring (bicyclic) bond motifs is 1. The van der Waals surface area contributed by atoms with E-state index in [2.05, 4.69) is 5.32 Å². The highest BCUT2D eigenvalue weighted by molar-refractivity contribution is 5.91. The van der Waals surface area contributed by atoms with Gasteiger partial charge in [-0.15, -0.1) is 0 Å². The Morgan fingerprint density at radius 3 is 2.31 bits per heavy atom. The zero-order chi connectivity index (χ0) is 20.2. The van der Waals surface area contributed by atoms with Crippen LogP contribution in [0.2, 0.25) is 0 Å². The van der Waals surface area contributed by atoms with E-state index in [1.807, 2.05) is 61.5 Å². The topological polar surface area (TPSA) is 60.3 Å². The molecule has 0 aliphatic rings. The van der Waals surface area contributed by atoms with Crippen molar-refractivity contribution < 1.29 is 9.53 Å². The normalized spacial score (nSPS) is 10.7. The summed E-state index contributed by atoms with van der Waals surface area (Å²) >= 11 is 0. The third-order valence-electron chi connectivity index (χ3n) is 4.65. The minimum Gasteiger partial charge on any atom is -0.457 e. The number of carbonyl (C=O) groups is 1. The van der Waals surface area contributed by atoms with Crippen LogP contribution in [0, 0.1) is 6.92 Å². The molecular weight excluding hydrogens is 364 g/mol. The first-order valence-corrected chi connectivity index (χ1v) is 9.32. The van der Waals surface area contributed by atoms with Crippen LogP contribution in [0.15, 0.2) is 89.7 Å². The SMILES string of the molecule is Cc1cc2ccccc2c(=O)n1CC(=O)Nc1ccc(Oc2ccccc2)cc1. The maximum Gasteiger partial charge on any atom is 0.259 e. The third-order valence-corrected chi connectivity index (χ3v) is 4.65. The fourth-order valence-corrected chi connectivity index (χ4v) is 3.20. The number of aryl methyl sites for hydroxylation is 1. The first-order chi connectivity index (χ1) is 14.1. The number of hydrogen-bond acceptors (Lipinski definition) is 3. The van der Waals surface area contributed by atoms with E-state index in [9.17, 15) is 9.59 Å². The maximum atomic E-state index is 12.7. The zero-order valence-corrected chi connectivity index (χ0v) is 16.0. The molecule has 5 nitrogen and oxygen atoms in total. The van der Waals surface area contributed by atoms with E-state index in [0.717, 1.165) is 16.8 Å². The van der Waals surface area contributed by atoms with Gasteiger partial charge < -0.3 is 14.6 Å². The number of nitrogens with one attached hydrogen (secondary N) is 1. The maximum absolute atomic E-state index is 12.7. The largest absolute Gasteiger partial charge is 0.457 e. The minimum atomic E-state index is -0.262. The smallest absolute Gasteiger partial charge is 0.259 e. The Morgan fingerprint density at radius 1 is 0.897 bits per heavy atom. The van der Waals surface area contributed by atoms with Crippen molar-refractivity contribution in [2.24, 2.45) is 0 Å². The molecule has 29 heavy (non-hydrogen) atoms. The molecule has 1 heterocycles. The number of ether oxygens (including phenoxy) is 1. The third kappa shape index (κ3) is 4.19. The summed E-state index contributed by atoms with van der Waals surface area (Å²) in [5, 5.41) is 4.31. The van der Waals surface area contributed by atoms with Gasteiger partial charge in [-0.3, -0.25) is 9.59 Å². The number of benzene rings is 3. The number of para-hydroxylation sites is 1. The predicted octanol–water partition coefficient (Wildman–Crippen LogP) is 4.74. The van der Waals surface area contributed by atoms with E-state index in [0.29, 0.717) is 16.8 Å². The number of carbonyl (C=O) groups excluding carboxylic acids is 1. The van der Waals surface area contributed by atoms with Gasteiger partial charge in [-0.1, -0.05) is 36.4 Å². The molecule has 0 bridgehead atoms. The quantitative estimate of drug-likeness (QED) is 0.541. The molecule has 5 heteroatoms. The Balaban J connectivity index is 1.46. The Hall–Kier alpha value is -3.86. The average molecular weight is 384 g/mol. The van der Waals surface area contributed by atoms with Crippen LogP contribution < -0.4 is 15.6 Å². The Kier molecular flexibility index (Phi) is 5.12. The molecule has 0 fully saturated rings. The van der Waals surface area contributed by atoms with Gasteiger partial charge in [0.15, 0.2) is 0 Å². The second-order valence-corrected chi connectivity index (χ2v) is 6.75. The Labute approximate surface area is 168 Å². The molecule has 1 N–H and O–H groups in total. The van der Waals surface area contributed by atoms with E-state index in [1.54, 1.807) is 30.3 Å². The second-order valence-electron chi connectivity index (χ2n) is 6.75. The van der Waals surface area contributed by atoms with Crippen molar-refractivity contribution in [3.8, 4) is 11.5 Å². The van der Waals surface area contributed by atoms with Crippen LogP contribution in [0.1, 0.15) is 5.69 Å². The lowest BCUT2D eigenvalue weighted by Crippen LogP contribution is -2.29. The van der Waals surface area contributed by atoms with Gasteiger partial charge in [-0.2, -0.15) is 0 Å². The molecule has 0 aliphatic carbocycles. The van der Waals surface area contributed by atoms with Crippen molar-refractivity contribution in [2.75, 3.05) is 5.32 Å². The van der Waals surface area contributed by atoms with Crippen LogP contribution in [-0.4, -0.2) is 10.5 Å². The number of pyridine rings is 1. The molecule has 4 rings (SSSR count). The van der Waals surface area contributed by atoms with Crippen molar-refractivity contribution in [3.05, 3.63) is 101 Å². The predicted molar refractivity (Wildman–Crippen MR) is 115 cm³/mol. The van der Waals surface area contributed by atoms with Crippen LogP contribution in [0.3, 0.4) is 0 Å². The van der Waals surface area contributed by atoms with Crippen molar-refractivity contribution in [1.29, 1.82) is 0 Å². The van der Waals surface area contributed by atoms with Gasteiger partial charge in [-0.25, -0.2) is 0 Å². The van der Waals surface area contributed by atoms with Crippen LogP contribution in [0.5, 0.6) is 11.5 Å². The summed E-state index contributed by atoms with van der Waals surface area (Å²) in [6, 6.07) is 25.9. The molecule has 1 aromatic heterocycles. The van der Waals surface area contributed by atoms with Crippen LogP contribution in [-0.2, 0) is 11.3 Å². The summed E-state index contributed by atoms with van der Waals surface area (Å²) in [6.45, 7) is 1.79. The van der Waals surface area contributed by atoms with Gasteiger partial charge >= 0.3 is 0 Å². The molecular formula is C24H20N2O3. The van der Waals surface area contributed by atoms with Crippen LogP contribution in [0.4, 0.5) is 5.69 Å². The summed E-state index contributed by atoms with van der Waals surface area (Å²) in [7, 11) is 0. The van der Waals surface area contributed by atoms with Gasteiger partial charge in [0.2, 0.25) is 5.91 Å². The zero-order valence-electron chi connectivity index (χ0n) is 16.0. The minimum absolute atomic E-state index is 0.0439. The fraction of sp³-hybridized carbons (Fsp3) is 0.0833. The van der Waals surface area contributed by atoms with E-state index < -0.39 is 0 Å². The van der Waals surface area contributed by atoms with Crippen LogP contribution in [0.25, 0.3) is 10.8 Å². The fourth-order valence-electron chi connectivity index (χ4n) is 3.20. The van der Waals surface area contributed by atoms with Crippen molar-refractivity contribution in [2.45, 2.75) is 13.5 Å².